The average Bonchev–Trinajstić information content (AvgIpc) is 3.60. The van der Waals surface area contributed by atoms with Crippen molar-refractivity contribution in [2.24, 2.45) is 13.0 Å². The van der Waals surface area contributed by atoms with Gasteiger partial charge in [0, 0.05) is 61.3 Å². The number of nitrogens with zero attached hydrogens (tertiary/aromatic N) is 5. The number of benzene rings is 1. The average molecular weight is 595 g/mol. The monoisotopic (exact) mass is 594 g/mol. The molecule has 2 aromatic heterocycles. The zero-order valence-electron chi connectivity index (χ0n) is 25.7. The number of fused-ring (bicyclic) bond motifs is 1. The molecule has 3 heterocycles. The third-order valence-corrected chi connectivity index (χ3v) is 10.6. The van der Waals surface area contributed by atoms with Gasteiger partial charge in [0.2, 0.25) is 10.0 Å². The molecule has 5 rings (SSSR count). The predicted molar refractivity (Wildman–Crippen MR) is 168 cm³/mol. The minimum absolute atomic E-state index is 0.0442. The van der Waals surface area contributed by atoms with Gasteiger partial charge in [-0.05, 0) is 95.5 Å². The summed E-state index contributed by atoms with van der Waals surface area (Å²) in [6, 6.07) is 10.3. The smallest absolute Gasteiger partial charge is 0.254 e. The largest absolute Gasteiger partial charge is 0.336 e. The van der Waals surface area contributed by atoms with E-state index in [-0.39, 0.29) is 23.7 Å². The predicted octanol–water partition coefficient (Wildman–Crippen LogP) is 4.79. The van der Waals surface area contributed by atoms with Crippen LogP contribution in [0.1, 0.15) is 81.8 Å². The van der Waals surface area contributed by atoms with Crippen molar-refractivity contribution >= 4 is 27.0 Å². The molecule has 1 aliphatic heterocycles. The first-order valence-electron chi connectivity index (χ1n) is 15.6. The Bertz CT molecular complexity index is 1510. The zero-order chi connectivity index (χ0) is 30.0. The summed E-state index contributed by atoms with van der Waals surface area (Å²) in [5, 5.41) is 5.49. The summed E-state index contributed by atoms with van der Waals surface area (Å²) in [7, 11) is -1.22. The lowest BCUT2D eigenvalue weighted by atomic mass is 9.86. The maximum absolute atomic E-state index is 13.7. The molecule has 9 nitrogen and oxygen atoms in total. The lowest BCUT2D eigenvalue weighted by Crippen LogP contribution is -2.40. The van der Waals surface area contributed by atoms with Crippen LogP contribution in [0.3, 0.4) is 0 Å². The first-order chi connectivity index (χ1) is 20.1. The van der Waals surface area contributed by atoms with Gasteiger partial charge >= 0.3 is 0 Å². The van der Waals surface area contributed by atoms with Crippen molar-refractivity contribution in [1.29, 1.82) is 0 Å². The molecule has 1 aliphatic carbocycles. The molecular weight excluding hydrogens is 548 g/mol. The van der Waals surface area contributed by atoms with Crippen LogP contribution >= 0.6 is 0 Å². The van der Waals surface area contributed by atoms with Gasteiger partial charge in [-0.2, -0.15) is 5.10 Å². The highest BCUT2D eigenvalue weighted by atomic mass is 32.2. The Labute approximate surface area is 250 Å². The minimum Gasteiger partial charge on any atom is -0.336 e. The number of rotatable bonds is 10. The zero-order valence-corrected chi connectivity index (χ0v) is 26.5. The first-order valence-corrected chi connectivity index (χ1v) is 17.2. The number of likely N-dealkylation sites (tertiary alicyclic amines) is 1. The molecular formula is C32H46N6O3S. The molecule has 1 saturated carbocycles. The van der Waals surface area contributed by atoms with E-state index in [4.69, 9.17) is 4.98 Å². The Morgan fingerprint density at radius 1 is 1.10 bits per heavy atom. The Morgan fingerprint density at radius 2 is 1.83 bits per heavy atom. The highest BCUT2D eigenvalue weighted by Gasteiger charge is 2.31. The van der Waals surface area contributed by atoms with Crippen LogP contribution in [0.25, 0.3) is 22.2 Å². The van der Waals surface area contributed by atoms with Gasteiger partial charge in [0.05, 0.1) is 11.9 Å². The third kappa shape index (κ3) is 6.55. The number of pyridine rings is 1. The summed E-state index contributed by atoms with van der Waals surface area (Å²) in [5.41, 5.74) is 4.54. The van der Waals surface area contributed by atoms with E-state index in [1.165, 1.54) is 0 Å². The van der Waals surface area contributed by atoms with Crippen molar-refractivity contribution in [2.75, 3.05) is 31.9 Å². The maximum atomic E-state index is 13.7. The molecule has 2 fully saturated rings. The van der Waals surface area contributed by atoms with Crippen LogP contribution in [-0.2, 0) is 17.1 Å². The molecule has 1 saturated heterocycles. The van der Waals surface area contributed by atoms with Gasteiger partial charge in [-0.25, -0.2) is 18.1 Å². The first kappa shape index (κ1) is 30.6. The lowest BCUT2D eigenvalue weighted by molar-refractivity contribution is 0.0717. The fraction of sp³-hybridized carbons (Fsp3) is 0.594. The van der Waals surface area contributed by atoms with Gasteiger partial charge in [-0.1, -0.05) is 18.2 Å². The van der Waals surface area contributed by atoms with Gasteiger partial charge in [0.15, 0.2) is 5.65 Å². The van der Waals surface area contributed by atoms with Crippen LogP contribution in [0.5, 0.6) is 0 Å². The minimum atomic E-state index is -3.15. The van der Waals surface area contributed by atoms with Crippen molar-refractivity contribution < 1.29 is 13.2 Å². The van der Waals surface area contributed by atoms with Gasteiger partial charge in [0.25, 0.3) is 5.91 Å². The maximum Gasteiger partial charge on any atom is 0.254 e. The molecule has 1 unspecified atom stereocenters. The normalized spacial score (nSPS) is 21.8. The van der Waals surface area contributed by atoms with Gasteiger partial charge in [0.1, 0.15) is 0 Å². The number of nitrogens with one attached hydrogen (secondary N) is 1. The van der Waals surface area contributed by atoms with Crippen molar-refractivity contribution in [2.45, 2.75) is 77.8 Å². The quantitative estimate of drug-likeness (QED) is 0.362. The van der Waals surface area contributed by atoms with Gasteiger partial charge in [-0.15, -0.1) is 0 Å². The van der Waals surface area contributed by atoms with Crippen LogP contribution in [0, 0.1) is 5.92 Å². The number of carbonyl (C=O) groups is 1. The number of carbonyl (C=O) groups excluding carboxylic acids is 1. The standard InChI is InChI=1S/C32H46N6O3S/c1-6-38(22(3)4)32(39)27-11-9-8-10-26(27)28-18-30(34-31-29(28)19-33-36(31)5)24-16-17-37(21-24)20-23-12-14-25(15-13-23)35-42(40,41)7-2/h8-11,18-19,22-25,35H,6-7,12-17,20-21H2,1-5H3. The van der Waals surface area contributed by atoms with E-state index < -0.39 is 10.0 Å². The summed E-state index contributed by atoms with van der Waals surface area (Å²) in [6.45, 7) is 11.5. The van der Waals surface area contributed by atoms with Gasteiger partial charge in [-0.3, -0.25) is 9.48 Å². The van der Waals surface area contributed by atoms with Crippen LogP contribution in [0.4, 0.5) is 0 Å². The number of hydrogen-bond donors (Lipinski definition) is 1. The highest BCUT2D eigenvalue weighted by Crippen LogP contribution is 2.36. The molecule has 1 amide bonds. The number of aromatic nitrogens is 3. The van der Waals surface area contributed by atoms with Crippen molar-refractivity contribution in [3.8, 4) is 11.1 Å². The molecule has 1 atom stereocenters. The Hall–Kier alpha value is -2.82. The molecule has 3 aromatic rings. The van der Waals surface area contributed by atoms with Crippen LogP contribution in [-0.4, -0.2) is 82.9 Å². The van der Waals surface area contributed by atoms with E-state index in [2.05, 4.69) is 34.6 Å². The fourth-order valence-corrected chi connectivity index (χ4v) is 7.68. The number of aryl methyl sites for hydroxylation is 1. The number of hydrogen-bond acceptors (Lipinski definition) is 6. The SMILES string of the molecule is CCN(C(=O)c1ccccc1-c1cc(C2CCN(CC3CCC(NS(=O)(=O)CC)CC3)C2)nc2c1cnn2C)C(C)C. The molecule has 42 heavy (non-hydrogen) atoms. The molecule has 0 bridgehead atoms. The topological polar surface area (TPSA) is 100 Å². The van der Waals surface area contributed by atoms with E-state index >= 15 is 0 Å². The molecule has 1 aromatic carbocycles. The molecule has 2 aliphatic rings. The Kier molecular flexibility index (Phi) is 9.34. The Balaban J connectivity index is 1.35. The van der Waals surface area contributed by atoms with E-state index in [0.29, 0.717) is 23.9 Å². The second-order valence-electron chi connectivity index (χ2n) is 12.3. The highest BCUT2D eigenvalue weighted by molar-refractivity contribution is 7.89. The second kappa shape index (κ2) is 12.8. The number of sulfonamides is 1. The van der Waals surface area contributed by atoms with Gasteiger partial charge < -0.3 is 9.80 Å². The lowest BCUT2D eigenvalue weighted by Gasteiger charge is -2.31. The third-order valence-electron chi connectivity index (χ3n) is 9.18. The summed E-state index contributed by atoms with van der Waals surface area (Å²) in [5.74, 6) is 1.08. The molecule has 10 heteroatoms. The fourth-order valence-electron chi connectivity index (χ4n) is 6.77. The molecule has 0 radical (unpaired) electrons. The van der Waals surface area contributed by atoms with E-state index in [1.54, 1.807) is 6.92 Å². The van der Waals surface area contributed by atoms with Crippen molar-refractivity contribution in [3.63, 3.8) is 0 Å². The van der Waals surface area contributed by atoms with E-state index in [9.17, 15) is 13.2 Å². The summed E-state index contributed by atoms with van der Waals surface area (Å²) >= 11 is 0. The van der Waals surface area contributed by atoms with Crippen LogP contribution in [0.2, 0.25) is 0 Å². The molecule has 0 spiro atoms. The number of amides is 1. The van der Waals surface area contributed by atoms with Crippen molar-refractivity contribution in [1.82, 2.24) is 29.3 Å². The van der Waals surface area contributed by atoms with Crippen molar-refractivity contribution in [3.05, 3.63) is 47.8 Å². The summed E-state index contributed by atoms with van der Waals surface area (Å²) in [6.07, 6.45) is 6.83. The Morgan fingerprint density at radius 3 is 2.52 bits per heavy atom. The molecule has 1 N–H and O–H groups in total. The molecule has 228 valence electrons. The second-order valence-corrected chi connectivity index (χ2v) is 14.4. The van der Waals surface area contributed by atoms with E-state index in [0.717, 1.165) is 79.6 Å². The van der Waals surface area contributed by atoms with E-state index in [1.807, 2.05) is 54.0 Å². The summed E-state index contributed by atoms with van der Waals surface area (Å²) < 4.78 is 28.6. The summed E-state index contributed by atoms with van der Waals surface area (Å²) in [4.78, 5) is 23.2. The van der Waals surface area contributed by atoms with Crippen LogP contribution < -0.4 is 4.72 Å². The van der Waals surface area contributed by atoms with Crippen LogP contribution in [0.15, 0.2) is 36.5 Å².